The molecule has 4 rings (SSSR count). The lowest BCUT2D eigenvalue weighted by molar-refractivity contribution is 0.585. The Labute approximate surface area is 137 Å². The topological polar surface area (TPSA) is 57.7 Å². The van der Waals surface area contributed by atoms with Crippen molar-refractivity contribution in [2.45, 2.75) is 19.9 Å². The van der Waals surface area contributed by atoms with Crippen molar-refractivity contribution in [2.24, 2.45) is 0 Å². The number of rotatable bonds is 2. The fraction of sp³-hybridized carbons (Fsp3) is 0.235. The van der Waals surface area contributed by atoms with Gasteiger partial charge in [0.1, 0.15) is 17.5 Å². The van der Waals surface area contributed by atoms with Gasteiger partial charge in [-0.05, 0) is 31.2 Å². The minimum atomic E-state index is -0.623. The summed E-state index contributed by atoms with van der Waals surface area (Å²) in [7, 11) is 0. The number of aromatic amines is 1. The molecule has 3 heterocycles. The van der Waals surface area contributed by atoms with Gasteiger partial charge in [-0.15, -0.1) is 5.10 Å². The summed E-state index contributed by atoms with van der Waals surface area (Å²) in [5.41, 5.74) is 2.96. The van der Waals surface area contributed by atoms with Crippen molar-refractivity contribution in [1.29, 1.82) is 0 Å². The van der Waals surface area contributed by atoms with Crippen LogP contribution in [0, 0.1) is 18.6 Å². The number of imidazole rings is 1. The molecule has 3 aromatic rings. The van der Waals surface area contributed by atoms with Gasteiger partial charge >= 0.3 is 0 Å². The van der Waals surface area contributed by atoms with E-state index in [9.17, 15) is 8.78 Å². The number of aromatic nitrogens is 4. The first-order valence-electron chi connectivity index (χ1n) is 7.68. The van der Waals surface area contributed by atoms with E-state index in [1.54, 1.807) is 0 Å². The molecule has 122 valence electrons. The first-order chi connectivity index (χ1) is 11.6. The van der Waals surface area contributed by atoms with Gasteiger partial charge in [0, 0.05) is 19.0 Å². The Bertz CT molecular complexity index is 888. The molecule has 2 aromatic heterocycles. The molecule has 0 unspecified atom stereocenters. The number of hydrogen-bond donors (Lipinski definition) is 1. The number of hydrogen-bond acceptors (Lipinski definition) is 4. The lowest BCUT2D eigenvalue weighted by Crippen LogP contribution is -2.31. The van der Waals surface area contributed by atoms with Gasteiger partial charge in [-0.2, -0.15) is 5.10 Å². The van der Waals surface area contributed by atoms with E-state index in [0.29, 0.717) is 12.4 Å². The van der Waals surface area contributed by atoms with Gasteiger partial charge in [-0.1, -0.05) is 0 Å². The summed E-state index contributed by atoms with van der Waals surface area (Å²) < 4.78 is 27.0. The van der Waals surface area contributed by atoms with E-state index in [2.05, 4.69) is 25.1 Å². The fourth-order valence-electron chi connectivity index (χ4n) is 2.86. The Morgan fingerprint density at radius 3 is 2.75 bits per heavy atom. The Hall–Kier alpha value is -2.83. The summed E-state index contributed by atoms with van der Waals surface area (Å²) in [4.78, 5) is 9.73. The number of fused-ring (bicyclic) bond motifs is 1. The molecule has 1 N–H and O–H groups in total. The van der Waals surface area contributed by atoms with Crippen LogP contribution in [0.2, 0.25) is 0 Å². The van der Waals surface area contributed by atoms with Crippen LogP contribution in [-0.4, -0.2) is 26.7 Å². The highest BCUT2D eigenvalue weighted by molar-refractivity contribution is 5.57. The van der Waals surface area contributed by atoms with Crippen molar-refractivity contribution in [1.82, 2.24) is 20.2 Å². The van der Waals surface area contributed by atoms with E-state index in [-0.39, 0.29) is 5.56 Å². The molecular formula is C17H15F2N5. The number of halogens is 2. The number of nitrogens with one attached hydrogen (secondary N) is 1. The van der Waals surface area contributed by atoms with Gasteiger partial charge in [-0.3, -0.25) is 0 Å². The van der Waals surface area contributed by atoms with Crippen LogP contribution in [0.15, 0.2) is 30.3 Å². The van der Waals surface area contributed by atoms with E-state index >= 15 is 0 Å². The van der Waals surface area contributed by atoms with Crippen LogP contribution in [0.5, 0.6) is 0 Å². The number of aryl methyl sites for hydroxylation is 1. The van der Waals surface area contributed by atoms with Crippen molar-refractivity contribution < 1.29 is 8.78 Å². The highest BCUT2D eigenvalue weighted by Crippen LogP contribution is 2.26. The molecule has 0 amide bonds. The first-order valence-corrected chi connectivity index (χ1v) is 7.68. The van der Waals surface area contributed by atoms with E-state index in [1.807, 2.05) is 19.1 Å². The molecule has 0 radical (unpaired) electrons. The maximum Gasteiger partial charge on any atom is 0.151 e. The Kier molecular flexibility index (Phi) is 3.48. The molecule has 0 saturated heterocycles. The summed E-state index contributed by atoms with van der Waals surface area (Å²) >= 11 is 0. The second kappa shape index (κ2) is 5.67. The lowest BCUT2D eigenvalue weighted by Gasteiger charge is -2.26. The third kappa shape index (κ3) is 2.62. The third-order valence-corrected chi connectivity index (χ3v) is 4.13. The summed E-state index contributed by atoms with van der Waals surface area (Å²) in [6.45, 7) is 3.26. The minimum absolute atomic E-state index is 0.271. The predicted molar refractivity (Wildman–Crippen MR) is 85.5 cm³/mol. The van der Waals surface area contributed by atoms with Gasteiger partial charge in [0.15, 0.2) is 5.82 Å². The smallest absolute Gasteiger partial charge is 0.151 e. The van der Waals surface area contributed by atoms with Crippen LogP contribution >= 0.6 is 0 Å². The Morgan fingerprint density at radius 2 is 2.00 bits per heavy atom. The molecule has 5 nitrogen and oxygen atoms in total. The molecule has 1 aliphatic heterocycles. The molecule has 24 heavy (non-hydrogen) atoms. The first kappa shape index (κ1) is 14.7. The summed E-state index contributed by atoms with van der Waals surface area (Å²) in [6.07, 6.45) is 0.726. The van der Waals surface area contributed by atoms with Gasteiger partial charge in [0.05, 0.1) is 29.2 Å². The van der Waals surface area contributed by atoms with Crippen LogP contribution < -0.4 is 4.90 Å². The molecule has 0 spiro atoms. The van der Waals surface area contributed by atoms with E-state index < -0.39 is 11.6 Å². The van der Waals surface area contributed by atoms with Crippen LogP contribution in [-0.2, 0) is 13.0 Å². The van der Waals surface area contributed by atoms with Gasteiger partial charge in [-0.25, -0.2) is 13.8 Å². The molecule has 0 saturated carbocycles. The fourth-order valence-corrected chi connectivity index (χ4v) is 2.86. The van der Waals surface area contributed by atoms with E-state index in [1.165, 1.54) is 12.1 Å². The average Bonchev–Trinajstić information content (AvgIpc) is 2.98. The average molecular weight is 327 g/mol. The second-order valence-corrected chi connectivity index (χ2v) is 5.84. The zero-order valence-electron chi connectivity index (χ0n) is 13.1. The van der Waals surface area contributed by atoms with Crippen molar-refractivity contribution >= 4 is 5.82 Å². The van der Waals surface area contributed by atoms with E-state index in [0.717, 1.165) is 41.9 Å². The zero-order chi connectivity index (χ0) is 16.7. The molecule has 1 aliphatic rings. The number of benzene rings is 1. The Balaban J connectivity index is 1.63. The number of nitrogens with zero attached hydrogens (tertiary/aromatic N) is 4. The van der Waals surface area contributed by atoms with Gasteiger partial charge < -0.3 is 9.88 Å². The van der Waals surface area contributed by atoms with Crippen molar-refractivity contribution in [3.8, 4) is 11.4 Å². The normalized spacial score (nSPS) is 13.9. The molecule has 0 aliphatic carbocycles. The van der Waals surface area contributed by atoms with Crippen molar-refractivity contribution in [2.75, 3.05) is 11.4 Å². The molecule has 1 aromatic carbocycles. The van der Waals surface area contributed by atoms with Crippen LogP contribution in [0.4, 0.5) is 14.6 Å². The standard InChI is InChI=1S/C17H15F2N5/c1-10-2-5-16(23-22-10)24-7-6-14-15(9-24)21-17(20-14)12-4-3-11(18)8-13(12)19/h2-5,8H,6-7,9H2,1H3,(H,20,21). The van der Waals surface area contributed by atoms with Gasteiger partial charge in [0.25, 0.3) is 0 Å². The SMILES string of the molecule is Cc1ccc(N2CCc3nc(-c4ccc(F)cc4F)[nH]c3C2)nn1. The monoisotopic (exact) mass is 327 g/mol. The Morgan fingerprint density at radius 1 is 1.12 bits per heavy atom. The summed E-state index contributed by atoms with van der Waals surface area (Å²) in [5, 5.41) is 8.28. The molecule has 0 bridgehead atoms. The highest BCUT2D eigenvalue weighted by atomic mass is 19.1. The zero-order valence-corrected chi connectivity index (χ0v) is 13.1. The molecule has 0 atom stereocenters. The van der Waals surface area contributed by atoms with Crippen LogP contribution in [0.25, 0.3) is 11.4 Å². The quantitative estimate of drug-likeness (QED) is 0.786. The molecular weight excluding hydrogens is 312 g/mol. The van der Waals surface area contributed by atoms with Gasteiger partial charge in [0.2, 0.25) is 0 Å². The number of H-pyrrole nitrogens is 1. The maximum absolute atomic E-state index is 14.0. The van der Waals surface area contributed by atoms with E-state index in [4.69, 9.17) is 0 Å². The summed E-state index contributed by atoms with van der Waals surface area (Å²) in [5.74, 6) is 0.00347. The van der Waals surface area contributed by atoms with Crippen molar-refractivity contribution in [3.05, 3.63) is 59.0 Å². The van der Waals surface area contributed by atoms with Crippen LogP contribution in [0.1, 0.15) is 17.1 Å². The third-order valence-electron chi connectivity index (χ3n) is 4.13. The highest BCUT2D eigenvalue weighted by Gasteiger charge is 2.22. The molecule has 0 fully saturated rings. The maximum atomic E-state index is 14.0. The number of anilines is 1. The largest absolute Gasteiger partial charge is 0.349 e. The predicted octanol–water partition coefficient (Wildman–Crippen LogP) is 3.02. The summed E-state index contributed by atoms with van der Waals surface area (Å²) in [6, 6.07) is 7.35. The minimum Gasteiger partial charge on any atom is -0.349 e. The van der Waals surface area contributed by atoms with Crippen molar-refractivity contribution in [3.63, 3.8) is 0 Å². The molecule has 7 heteroatoms. The lowest BCUT2D eigenvalue weighted by atomic mass is 10.1. The van der Waals surface area contributed by atoms with Crippen LogP contribution in [0.3, 0.4) is 0 Å². The second-order valence-electron chi connectivity index (χ2n) is 5.84.